The second-order valence-corrected chi connectivity index (χ2v) is 3.41. The highest BCUT2D eigenvalue weighted by Gasteiger charge is 2.23. The number of hydrogen-bond acceptors (Lipinski definition) is 5. The minimum atomic E-state index is -1.42. The Morgan fingerprint density at radius 1 is 1.53 bits per heavy atom. The van der Waals surface area contributed by atoms with Crippen molar-refractivity contribution in [1.82, 2.24) is 4.98 Å². The Labute approximate surface area is 97.9 Å². The van der Waals surface area contributed by atoms with Crippen molar-refractivity contribution in [2.75, 3.05) is 6.61 Å². The molecule has 0 aromatic carbocycles. The molecule has 2 N–H and O–H groups in total. The van der Waals surface area contributed by atoms with E-state index in [2.05, 4.69) is 9.72 Å². The highest BCUT2D eigenvalue weighted by Crippen LogP contribution is 2.17. The number of aliphatic hydroxyl groups excluding tert-OH is 2. The van der Waals surface area contributed by atoms with E-state index in [9.17, 15) is 19.4 Å². The van der Waals surface area contributed by atoms with Crippen LogP contribution in [-0.2, 0) is 9.53 Å². The monoisotopic (exact) mass is 243 g/mol. The molecule has 5 nitrogen and oxygen atoms in total. The average molecular weight is 243 g/mol. The molecule has 0 fully saturated rings. The minimum absolute atomic E-state index is 0.0261. The summed E-state index contributed by atoms with van der Waals surface area (Å²) in [7, 11) is 0. The largest absolute Gasteiger partial charge is 0.466 e. The standard InChI is InChI=1S/C11H14FNO4/c1-2-17-10(15)6-8(14)11(16)7-4-3-5-9(12)13-7/h3-5,8,11,14,16H,2,6H2,1H3. The fraction of sp³-hybridized carbons (Fsp3) is 0.455. The average Bonchev–Trinajstić information content (AvgIpc) is 2.28. The number of ether oxygens (including phenoxy) is 1. The lowest BCUT2D eigenvalue weighted by atomic mass is 10.1. The number of carbonyl (C=O) groups excluding carboxylic acids is 1. The molecule has 1 aromatic rings. The lowest BCUT2D eigenvalue weighted by molar-refractivity contribution is -0.147. The Bertz CT molecular complexity index is 385. The summed E-state index contributed by atoms with van der Waals surface area (Å²) in [6, 6.07) is 3.84. The first-order chi connectivity index (χ1) is 8.04. The number of halogens is 1. The van der Waals surface area contributed by atoms with E-state index in [1.54, 1.807) is 6.92 Å². The summed E-state index contributed by atoms with van der Waals surface area (Å²) in [5.41, 5.74) is -0.0261. The van der Waals surface area contributed by atoms with E-state index in [0.717, 1.165) is 6.07 Å². The van der Waals surface area contributed by atoms with Crippen LogP contribution in [0.3, 0.4) is 0 Å². The Morgan fingerprint density at radius 2 is 2.24 bits per heavy atom. The van der Waals surface area contributed by atoms with Gasteiger partial charge in [0.2, 0.25) is 5.95 Å². The topological polar surface area (TPSA) is 79.7 Å². The smallest absolute Gasteiger partial charge is 0.308 e. The maximum Gasteiger partial charge on any atom is 0.308 e. The van der Waals surface area contributed by atoms with Crippen molar-refractivity contribution in [2.45, 2.75) is 25.6 Å². The molecule has 0 bridgehead atoms. The molecule has 0 spiro atoms. The van der Waals surface area contributed by atoms with Gasteiger partial charge in [0.15, 0.2) is 0 Å². The van der Waals surface area contributed by atoms with Crippen molar-refractivity contribution in [3.63, 3.8) is 0 Å². The van der Waals surface area contributed by atoms with Gasteiger partial charge in [0.25, 0.3) is 0 Å². The Morgan fingerprint density at radius 3 is 2.82 bits per heavy atom. The highest BCUT2D eigenvalue weighted by molar-refractivity contribution is 5.70. The summed E-state index contributed by atoms with van der Waals surface area (Å²) in [6.07, 6.45) is -3.16. The van der Waals surface area contributed by atoms with Gasteiger partial charge in [-0.3, -0.25) is 4.79 Å². The highest BCUT2D eigenvalue weighted by atomic mass is 19.1. The van der Waals surface area contributed by atoms with E-state index in [0.29, 0.717) is 0 Å². The summed E-state index contributed by atoms with van der Waals surface area (Å²) >= 11 is 0. The summed E-state index contributed by atoms with van der Waals surface area (Å²) in [4.78, 5) is 14.5. The Balaban J connectivity index is 2.63. The van der Waals surface area contributed by atoms with E-state index >= 15 is 0 Å². The zero-order valence-electron chi connectivity index (χ0n) is 9.34. The van der Waals surface area contributed by atoms with Gasteiger partial charge in [-0.05, 0) is 19.1 Å². The van der Waals surface area contributed by atoms with Gasteiger partial charge < -0.3 is 14.9 Å². The number of pyridine rings is 1. The van der Waals surface area contributed by atoms with E-state index in [-0.39, 0.29) is 18.7 Å². The summed E-state index contributed by atoms with van der Waals surface area (Å²) in [5, 5.41) is 19.2. The van der Waals surface area contributed by atoms with Gasteiger partial charge in [0.05, 0.1) is 24.8 Å². The molecule has 1 rings (SSSR count). The third-order valence-electron chi connectivity index (χ3n) is 2.09. The van der Waals surface area contributed by atoms with Gasteiger partial charge in [0.1, 0.15) is 6.10 Å². The van der Waals surface area contributed by atoms with Crippen molar-refractivity contribution < 1.29 is 24.1 Å². The molecular formula is C11H14FNO4. The van der Waals surface area contributed by atoms with Crippen LogP contribution in [0.5, 0.6) is 0 Å². The third kappa shape index (κ3) is 4.08. The summed E-state index contributed by atoms with van der Waals surface area (Å²) in [5.74, 6) is -1.39. The Hall–Kier alpha value is -1.53. The SMILES string of the molecule is CCOC(=O)CC(O)C(O)c1cccc(F)n1. The van der Waals surface area contributed by atoms with Gasteiger partial charge >= 0.3 is 5.97 Å². The molecule has 0 aliphatic carbocycles. The molecule has 0 aliphatic rings. The second-order valence-electron chi connectivity index (χ2n) is 3.41. The van der Waals surface area contributed by atoms with Crippen LogP contribution in [0.15, 0.2) is 18.2 Å². The normalized spacial score (nSPS) is 14.1. The van der Waals surface area contributed by atoms with Crippen LogP contribution in [0.1, 0.15) is 25.1 Å². The second kappa shape index (κ2) is 6.27. The zero-order valence-corrected chi connectivity index (χ0v) is 9.34. The molecule has 0 radical (unpaired) electrons. The number of aliphatic hydroxyl groups is 2. The van der Waals surface area contributed by atoms with Crippen LogP contribution in [0.25, 0.3) is 0 Å². The molecule has 0 amide bonds. The van der Waals surface area contributed by atoms with E-state index in [1.807, 2.05) is 0 Å². The first kappa shape index (κ1) is 13.5. The van der Waals surface area contributed by atoms with Crippen molar-refractivity contribution in [1.29, 1.82) is 0 Å². The van der Waals surface area contributed by atoms with Crippen LogP contribution >= 0.6 is 0 Å². The van der Waals surface area contributed by atoms with Crippen LogP contribution < -0.4 is 0 Å². The third-order valence-corrected chi connectivity index (χ3v) is 2.09. The molecule has 0 aliphatic heterocycles. The molecule has 1 aromatic heterocycles. The molecule has 6 heteroatoms. The lowest BCUT2D eigenvalue weighted by Crippen LogP contribution is -2.24. The molecule has 2 unspecified atom stereocenters. The number of esters is 1. The maximum atomic E-state index is 12.8. The van der Waals surface area contributed by atoms with Gasteiger partial charge in [-0.15, -0.1) is 0 Å². The molecular weight excluding hydrogens is 229 g/mol. The first-order valence-electron chi connectivity index (χ1n) is 5.18. The predicted molar refractivity (Wildman–Crippen MR) is 56.4 cm³/mol. The van der Waals surface area contributed by atoms with Gasteiger partial charge in [-0.1, -0.05) is 6.07 Å². The predicted octanol–water partition coefficient (Wildman–Crippen LogP) is 0.568. The minimum Gasteiger partial charge on any atom is -0.466 e. The van der Waals surface area contributed by atoms with Crippen LogP contribution in [0, 0.1) is 5.95 Å². The van der Waals surface area contributed by atoms with Crippen molar-refractivity contribution in [2.24, 2.45) is 0 Å². The van der Waals surface area contributed by atoms with E-state index in [1.165, 1.54) is 12.1 Å². The van der Waals surface area contributed by atoms with Crippen molar-refractivity contribution >= 4 is 5.97 Å². The molecule has 17 heavy (non-hydrogen) atoms. The van der Waals surface area contributed by atoms with Crippen LogP contribution in [-0.4, -0.2) is 33.9 Å². The van der Waals surface area contributed by atoms with Gasteiger partial charge in [-0.25, -0.2) is 4.98 Å². The van der Waals surface area contributed by atoms with Crippen LogP contribution in [0.2, 0.25) is 0 Å². The Kier molecular flexibility index (Phi) is 4.99. The number of aromatic nitrogens is 1. The van der Waals surface area contributed by atoms with Crippen LogP contribution in [0.4, 0.5) is 4.39 Å². The fourth-order valence-electron chi connectivity index (χ4n) is 1.29. The zero-order chi connectivity index (χ0) is 12.8. The number of rotatable bonds is 5. The fourth-order valence-corrected chi connectivity index (χ4v) is 1.29. The summed E-state index contributed by atoms with van der Waals surface area (Å²) < 4.78 is 17.4. The van der Waals surface area contributed by atoms with Crippen molar-refractivity contribution in [3.05, 3.63) is 29.8 Å². The number of hydrogen-bond donors (Lipinski definition) is 2. The van der Waals surface area contributed by atoms with Gasteiger partial charge in [0, 0.05) is 0 Å². The first-order valence-corrected chi connectivity index (χ1v) is 5.18. The molecule has 1 heterocycles. The summed E-state index contributed by atoms with van der Waals surface area (Å²) in [6.45, 7) is 1.83. The molecule has 94 valence electrons. The molecule has 0 saturated carbocycles. The van der Waals surface area contributed by atoms with Crippen molar-refractivity contribution in [3.8, 4) is 0 Å². The lowest BCUT2D eigenvalue weighted by Gasteiger charge is -2.16. The number of nitrogens with zero attached hydrogens (tertiary/aromatic N) is 1. The van der Waals surface area contributed by atoms with E-state index < -0.39 is 24.1 Å². The quantitative estimate of drug-likeness (QED) is 0.583. The maximum absolute atomic E-state index is 12.8. The molecule has 0 saturated heterocycles. The molecule has 2 atom stereocenters. The van der Waals surface area contributed by atoms with Gasteiger partial charge in [-0.2, -0.15) is 4.39 Å². The number of carbonyl (C=O) groups is 1. The van der Waals surface area contributed by atoms with E-state index in [4.69, 9.17) is 0 Å².